The van der Waals surface area contributed by atoms with Gasteiger partial charge in [-0.15, -0.1) is 0 Å². The van der Waals surface area contributed by atoms with Crippen LogP contribution < -0.4 is 10.6 Å². The number of rotatable bonds is 8. The lowest BCUT2D eigenvalue weighted by Crippen LogP contribution is -2.71. The van der Waals surface area contributed by atoms with Crippen LogP contribution >= 0.6 is 0 Å². The van der Waals surface area contributed by atoms with E-state index in [1.54, 1.807) is 45.9 Å². The van der Waals surface area contributed by atoms with Crippen molar-refractivity contribution in [3.8, 4) is 0 Å². The predicted octanol–water partition coefficient (Wildman–Crippen LogP) is -0.230. The average molecular weight is 612 g/mol. The van der Waals surface area contributed by atoms with Crippen molar-refractivity contribution < 1.29 is 47.8 Å². The van der Waals surface area contributed by atoms with Crippen molar-refractivity contribution >= 4 is 47.4 Å². The number of imide groups is 1. The number of carbonyl (C=O) groups excluding carboxylic acids is 8. The molecule has 0 saturated carbocycles. The van der Waals surface area contributed by atoms with Crippen molar-refractivity contribution in [1.82, 2.24) is 25.3 Å². The van der Waals surface area contributed by atoms with Crippen molar-refractivity contribution in [1.29, 1.82) is 0 Å². The van der Waals surface area contributed by atoms with Crippen LogP contribution in [0.3, 0.4) is 0 Å². The van der Waals surface area contributed by atoms with E-state index in [0.717, 1.165) is 4.90 Å². The maximum atomic E-state index is 13.5. The Labute approximate surface area is 252 Å². The fraction of sp³-hybridized carbons (Fsp3) is 0.448. The number of urea groups is 1. The molecule has 1 aromatic carbocycles. The van der Waals surface area contributed by atoms with E-state index in [1.165, 1.54) is 24.0 Å². The lowest BCUT2D eigenvalue weighted by atomic mass is 9.92. The molecule has 1 aromatic rings. The standard InChI is InChI=1S/C29H33N5O10/c1-6-32-12-13-33(25(39)24(32)38)28(42)31-17(16-10-8-7-9-11-16)22(36)30-18-20-21(35)15(2)19(34(20)23(18)37)26(40)43-14-44-27(41)29(3,4)5/h7-11,17-18,20H,6,12-14H2,1-5H3,(H,30,36)(H,31,42)/t17?,18?,20-/m0/s1. The summed E-state index contributed by atoms with van der Waals surface area (Å²) >= 11 is 0. The molecule has 44 heavy (non-hydrogen) atoms. The number of hydrogen-bond acceptors (Lipinski definition) is 10. The Hall–Kier alpha value is -5.08. The second-order valence-electron chi connectivity index (χ2n) is 11.3. The van der Waals surface area contributed by atoms with E-state index in [2.05, 4.69) is 10.6 Å². The Bertz CT molecular complexity index is 1460. The lowest BCUT2D eigenvalue weighted by molar-refractivity contribution is -0.173. The number of nitrogens with zero attached hydrogens (tertiary/aromatic N) is 3. The Morgan fingerprint density at radius 2 is 1.64 bits per heavy atom. The molecule has 0 aromatic heterocycles. The highest BCUT2D eigenvalue weighted by atomic mass is 16.7. The lowest BCUT2D eigenvalue weighted by Gasteiger charge is -2.42. The van der Waals surface area contributed by atoms with Gasteiger partial charge in [-0.1, -0.05) is 30.3 Å². The molecule has 6 amide bonds. The molecule has 234 valence electrons. The van der Waals surface area contributed by atoms with Crippen LogP contribution in [0.1, 0.15) is 46.2 Å². The minimum atomic E-state index is -1.41. The summed E-state index contributed by atoms with van der Waals surface area (Å²) in [5.41, 5.74) is -0.948. The number of nitrogens with one attached hydrogen (secondary N) is 2. The Morgan fingerprint density at radius 1 is 0.977 bits per heavy atom. The van der Waals surface area contributed by atoms with Gasteiger partial charge in [-0.2, -0.15) is 0 Å². The van der Waals surface area contributed by atoms with E-state index in [4.69, 9.17) is 9.47 Å². The molecule has 2 unspecified atom stereocenters. The van der Waals surface area contributed by atoms with Crippen molar-refractivity contribution in [3.63, 3.8) is 0 Å². The third kappa shape index (κ3) is 5.89. The van der Waals surface area contributed by atoms with Gasteiger partial charge in [0.1, 0.15) is 23.8 Å². The van der Waals surface area contributed by atoms with E-state index in [0.29, 0.717) is 17.0 Å². The van der Waals surface area contributed by atoms with E-state index in [9.17, 15) is 38.4 Å². The molecule has 0 bridgehead atoms. The predicted molar refractivity (Wildman–Crippen MR) is 148 cm³/mol. The molecule has 3 heterocycles. The first-order valence-electron chi connectivity index (χ1n) is 13.9. The highest BCUT2D eigenvalue weighted by Gasteiger charge is 2.60. The van der Waals surface area contributed by atoms with E-state index >= 15 is 0 Å². The van der Waals surface area contributed by atoms with Crippen LogP contribution in [-0.2, 0) is 43.0 Å². The Balaban J connectivity index is 1.45. The minimum Gasteiger partial charge on any atom is -0.427 e. The molecule has 4 rings (SSSR count). The van der Waals surface area contributed by atoms with Crippen LogP contribution in [0, 0.1) is 5.41 Å². The van der Waals surface area contributed by atoms with Crippen LogP contribution in [0.4, 0.5) is 4.79 Å². The molecule has 3 atom stereocenters. The van der Waals surface area contributed by atoms with Gasteiger partial charge in [0.25, 0.3) is 5.91 Å². The average Bonchev–Trinajstić information content (AvgIpc) is 3.22. The van der Waals surface area contributed by atoms with E-state index in [-0.39, 0.29) is 24.4 Å². The number of fused-ring (bicyclic) bond motifs is 1. The topological polar surface area (TPSA) is 189 Å². The number of likely N-dealkylation sites (N-methyl/N-ethyl adjacent to an activating group) is 1. The fourth-order valence-corrected chi connectivity index (χ4v) is 4.89. The summed E-state index contributed by atoms with van der Waals surface area (Å²) in [6, 6.07) is 2.96. The molecule has 2 fully saturated rings. The smallest absolute Gasteiger partial charge is 0.358 e. The molecular formula is C29H33N5O10. The highest BCUT2D eigenvalue weighted by molar-refractivity contribution is 6.38. The van der Waals surface area contributed by atoms with Gasteiger partial charge in [0.2, 0.25) is 12.7 Å². The van der Waals surface area contributed by atoms with Gasteiger partial charge in [-0.25, -0.2) is 9.59 Å². The zero-order valence-electron chi connectivity index (χ0n) is 24.9. The summed E-state index contributed by atoms with van der Waals surface area (Å²) in [6.45, 7) is 7.46. The summed E-state index contributed by atoms with van der Waals surface area (Å²) in [5.74, 6) is -5.83. The normalized spacial score (nSPS) is 20.6. The number of hydrogen-bond donors (Lipinski definition) is 2. The third-order valence-electron chi connectivity index (χ3n) is 7.41. The number of carbonyl (C=O) groups is 8. The van der Waals surface area contributed by atoms with Gasteiger partial charge < -0.3 is 25.0 Å². The minimum absolute atomic E-state index is 0.0745. The number of Topliss-reactive ketones (excluding diaryl/α,β-unsaturated/α-hetero) is 1. The van der Waals surface area contributed by atoms with Gasteiger partial charge in [0, 0.05) is 25.2 Å². The number of β-lactam (4-membered cyclic amide) rings is 1. The largest absolute Gasteiger partial charge is 0.427 e. The van der Waals surface area contributed by atoms with Gasteiger partial charge in [0.15, 0.2) is 5.78 Å². The first kappa shape index (κ1) is 31.8. The van der Waals surface area contributed by atoms with Crippen molar-refractivity contribution in [2.75, 3.05) is 26.4 Å². The van der Waals surface area contributed by atoms with Crippen LogP contribution in [-0.4, -0.2) is 101 Å². The summed E-state index contributed by atoms with van der Waals surface area (Å²) < 4.78 is 9.89. The molecule has 15 heteroatoms. The zero-order chi connectivity index (χ0) is 32.5. The molecule has 3 aliphatic heterocycles. The summed E-state index contributed by atoms with van der Waals surface area (Å²) in [7, 11) is 0. The second kappa shape index (κ2) is 12.3. The maximum Gasteiger partial charge on any atom is 0.358 e. The highest BCUT2D eigenvalue weighted by Crippen LogP contribution is 2.37. The summed E-state index contributed by atoms with van der Waals surface area (Å²) in [6.07, 6.45) is 0. The van der Waals surface area contributed by atoms with Crippen molar-refractivity contribution in [2.24, 2.45) is 5.41 Å². The quantitative estimate of drug-likeness (QED) is 0.172. The number of esters is 2. The van der Waals surface area contributed by atoms with Gasteiger partial charge in [0.05, 0.1) is 5.41 Å². The van der Waals surface area contributed by atoms with Crippen LogP contribution in [0.5, 0.6) is 0 Å². The summed E-state index contributed by atoms with van der Waals surface area (Å²) in [5, 5.41) is 4.93. The van der Waals surface area contributed by atoms with E-state index < -0.39 is 77.7 Å². The number of piperazine rings is 1. The van der Waals surface area contributed by atoms with Crippen molar-refractivity contribution in [2.45, 2.75) is 52.7 Å². The van der Waals surface area contributed by atoms with Crippen LogP contribution in [0.2, 0.25) is 0 Å². The van der Waals surface area contributed by atoms with Crippen LogP contribution in [0.15, 0.2) is 41.6 Å². The fourth-order valence-electron chi connectivity index (χ4n) is 4.89. The van der Waals surface area contributed by atoms with Gasteiger partial charge in [-0.05, 0) is 40.2 Å². The summed E-state index contributed by atoms with van der Waals surface area (Å²) in [4.78, 5) is 105. The molecule has 2 saturated heterocycles. The number of benzene rings is 1. The Kier molecular flexibility index (Phi) is 8.88. The Morgan fingerprint density at radius 3 is 2.25 bits per heavy atom. The second-order valence-corrected chi connectivity index (χ2v) is 11.3. The van der Waals surface area contributed by atoms with Crippen molar-refractivity contribution in [3.05, 3.63) is 47.2 Å². The van der Waals surface area contributed by atoms with Gasteiger partial charge in [-0.3, -0.25) is 38.6 Å². The third-order valence-corrected chi connectivity index (χ3v) is 7.41. The maximum absolute atomic E-state index is 13.5. The molecule has 2 N–H and O–H groups in total. The molecule has 3 aliphatic rings. The first-order chi connectivity index (χ1) is 20.7. The van der Waals surface area contributed by atoms with Gasteiger partial charge >= 0.3 is 29.8 Å². The molecule has 0 aliphatic carbocycles. The molecular weight excluding hydrogens is 578 g/mol. The number of ketones is 1. The SMILES string of the molecule is CCN1CCN(C(=O)NC(C(=O)NC2C(=O)N3C(C(=O)OCOC(=O)C(C)(C)C)=C(C)C(=O)[C@H]23)c2ccccc2)C(=O)C1=O. The monoisotopic (exact) mass is 611 g/mol. The first-order valence-corrected chi connectivity index (χ1v) is 13.9. The molecule has 15 nitrogen and oxygen atoms in total. The zero-order valence-corrected chi connectivity index (χ0v) is 24.9. The molecule has 0 spiro atoms. The molecule has 0 radical (unpaired) electrons. The van der Waals surface area contributed by atoms with Crippen LogP contribution in [0.25, 0.3) is 0 Å². The number of amides is 6. The van der Waals surface area contributed by atoms with E-state index in [1.807, 2.05) is 0 Å². The number of ether oxygens (including phenoxy) is 2.